The molecule has 3 rings (SSSR count). The van der Waals surface area contributed by atoms with Crippen molar-refractivity contribution in [3.8, 4) is 5.75 Å². The van der Waals surface area contributed by atoms with Gasteiger partial charge in [0.2, 0.25) is 0 Å². The second-order valence-electron chi connectivity index (χ2n) is 7.35. The Bertz CT molecular complexity index is 724. The number of aliphatic hydroxyl groups is 1. The Hall–Kier alpha value is -2.49. The molecule has 158 valence electrons. The summed E-state index contributed by atoms with van der Waals surface area (Å²) in [5.74, 6) is -0.344. The fourth-order valence-corrected chi connectivity index (χ4v) is 4.05. The summed E-state index contributed by atoms with van der Waals surface area (Å²) in [6.07, 6.45) is 1.62. The van der Waals surface area contributed by atoms with Crippen molar-refractivity contribution in [3.63, 3.8) is 0 Å². The van der Waals surface area contributed by atoms with Gasteiger partial charge in [0.15, 0.2) is 5.54 Å². The van der Waals surface area contributed by atoms with Crippen molar-refractivity contribution in [2.45, 2.75) is 24.8 Å². The van der Waals surface area contributed by atoms with Crippen LogP contribution in [0.1, 0.15) is 18.4 Å². The smallest absolute Gasteiger partial charge is 0.328 e. The summed E-state index contributed by atoms with van der Waals surface area (Å²) in [6, 6.07) is 6.91. The molecule has 0 aromatic heterocycles. The number of carbonyl (C=O) groups excluding carboxylic acids is 3. The van der Waals surface area contributed by atoms with E-state index >= 15 is 0 Å². The lowest BCUT2D eigenvalue weighted by atomic mass is 9.85. The number of rotatable bonds is 8. The standard InChI is InChI=1S/C20H28N4O5/c1-29-16-6-4-15(5-7-16)3-2-8-20(17(26)21-19(28)22-18(20)27)24-11-9-23(10-12-24)13-14-25/h4-7,25H,2-3,8-14H2,1H3,(H2,21,22,26,27,28). The summed E-state index contributed by atoms with van der Waals surface area (Å²) in [6.45, 7) is 2.96. The van der Waals surface area contributed by atoms with Gasteiger partial charge in [-0.25, -0.2) is 4.79 Å². The number of aliphatic hydroxyl groups excluding tert-OH is 1. The number of carbonyl (C=O) groups is 3. The number of nitrogens with one attached hydrogen (secondary N) is 2. The van der Waals surface area contributed by atoms with E-state index in [4.69, 9.17) is 9.84 Å². The average molecular weight is 404 g/mol. The third-order valence-electron chi connectivity index (χ3n) is 5.70. The van der Waals surface area contributed by atoms with Gasteiger partial charge < -0.3 is 9.84 Å². The summed E-state index contributed by atoms with van der Waals surface area (Å²) >= 11 is 0. The van der Waals surface area contributed by atoms with E-state index in [0.717, 1.165) is 11.3 Å². The molecule has 0 spiro atoms. The molecule has 0 aliphatic carbocycles. The van der Waals surface area contributed by atoms with Crippen LogP contribution in [0.2, 0.25) is 0 Å². The maximum absolute atomic E-state index is 12.9. The van der Waals surface area contributed by atoms with Crippen LogP contribution in [0.15, 0.2) is 24.3 Å². The number of hydrogen-bond acceptors (Lipinski definition) is 7. The highest BCUT2D eigenvalue weighted by molar-refractivity contribution is 6.22. The lowest BCUT2D eigenvalue weighted by molar-refractivity contribution is -0.150. The van der Waals surface area contributed by atoms with E-state index in [1.807, 2.05) is 29.2 Å². The van der Waals surface area contributed by atoms with Crippen LogP contribution in [0.4, 0.5) is 4.79 Å². The van der Waals surface area contributed by atoms with Crippen molar-refractivity contribution >= 4 is 17.8 Å². The van der Waals surface area contributed by atoms with Crippen LogP contribution >= 0.6 is 0 Å². The highest BCUT2D eigenvalue weighted by Crippen LogP contribution is 2.27. The monoisotopic (exact) mass is 404 g/mol. The molecule has 1 aromatic rings. The van der Waals surface area contributed by atoms with E-state index in [-0.39, 0.29) is 6.61 Å². The van der Waals surface area contributed by atoms with Gasteiger partial charge in [0.25, 0.3) is 11.8 Å². The molecular formula is C20H28N4O5. The molecule has 2 fully saturated rings. The van der Waals surface area contributed by atoms with Crippen molar-refractivity contribution in [2.24, 2.45) is 0 Å². The molecular weight excluding hydrogens is 376 g/mol. The summed E-state index contributed by atoms with van der Waals surface area (Å²) in [5, 5.41) is 13.7. The van der Waals surface area contributed by atoms with Gasteiger partial charge >= 0.3 is 6.03 Å². The number of piperazine rings is 1. The maximum Gasteiger partial charge on any atom is 0.328 e. The molecule has 9 heteroatoms. The lowest BCUT2D eigenvalue weighted by Gasteiger charge is -2.46. The first kappa shape index (κ1) is 21.2. The molecule has 2 heterocycles. The average Bonchev–Trinajstić information content (AvgIpc) is 2.71. The van der Waals surface area contributed by atoms with E-state index in [1.165, 1.54) is 0 Å². The van der Waals surface area contributed by atoms with Crippen molar-refractivity contribution in [1.29, 1.82) is 0 Å². The van der Waals surface area contributed by atoms with Gasteiger partial charge in [-0.3, -0.25) is 30.0 Å². The predicted octanol–water partition coefficient (Wildman–Crippen LogP) is -0.267. The number of methoxy groups -OCH3 is 1. The van der Waals surface area contributed by atoms with Gasteiger partial charge in [-0.2, -0.15) is 0 Å². The lowest BCUT2D eigenvalue weighted by Crippen LogP contribution is -2.74. The van der Waals surface area contributed by atoms with Crippen LogP contribution in [0.5, 0.6) is 5.75 Å². The van der Waals surface area contributed by atoms with Crippen LogP contribution in [-0.4, -0.2) is 84.7 Å². The van der Waals surface area contributed by atoms with Gasteiger partial charge in [-0.05, 0) is 37.0 Å². The Kier molecular flexibility index (Phi) is 6.83. The molecule has 2 aliphatic heterocycles. The number of aryl methyl sites for hydroxylation is 1. The Balaban J connectivity index is 1.72. The minimum Gasteiger partial charge on any atom is -0.497 e. The minimum absolute atomic E-state index is 0.0719. The molecule has 4 amide bonds. The van der Waals surface area contributed by atoms with Crippen molar-refractivity contribution in [3.05, 3.63) is 29.8 Å². The zero-order chi connectivity index (χ0) is 20.9. The molecule has 9 nitrogen and oxygen atoms in total. The van der Waals surface area contributed by atoms with Crippen LogP contribution in [0.3, 0.4) is 0 Å². The number of nitrogens with zero attached hydrogens (tertiary/aromatic N) is 2. The van der Waals surface area contributed by atoms with Gasteiger partial charge in [-0.15, -0.1) is 0 Å². The first-order valence-corrected chi connectivity index (χ1v) is 9.87. The summed E-state index contributed by atoms with van der Waals surface area (Å²) in [4.78, 5) is 41.3. The number of urea groups is 1. The number of imide groups is 2. The summed E-state index contributed by atoms with van der Waals surface area (Å²) < 4.78 is 5.16. The van der Waals surface area contributed by atoms with E-state index in [9.17, 15) is 14.4 Å². The molecule has 3 N–H and O–H groups in total. The van der Waals surface area contributed by atoms with E-state index in [2.05, 4.69) is 15.5 Å². The maximum atomic E-state index is 12.9. The van der Waals surface area contributed by atoms with E-state index < -0.39 is 23.4 Å². The van der Waals surface area contributed by atoms with Crippen molar-refractivity contribution < 1.29 is 24.2 Å². The molecule has 2 aliphatic rings. The Labute approximate surface area is 170 Å². The summed E-state index contributed by atoms with van der Waals surface area (Å²) in [7, 11) is 1.61. The number of ether oxygens (including phenoxy) is 1. The van der Waals surface area contributed by atoms with Gasteiger partial charge in [0, 0.05) is 32.7 Å². The first-order chi connectivity index (χ1) is 14.0. The SMILES string of the molecule is COc1ccc(CCCC2(N3CCN(CCO)CC3)C(=O)NC(=O)NC2=O)cc1. The second-order valence-corrected chi connectivity index (χ2v) is 7.35. The second kappa shape index (κ2) is 9.34. The molecule has 29 heavy (non-hydrogen) atoms. The van der Waals surface area contributed by atoms with Gasteiger partial charge in [0.05, 0.1) is 13.7 Å². The van der Waals surface area contributed by atoms with Crippen LogP contribution in [0.25, 0.3) is 0 Å². The molecule has 0 unspecified atom stereocenters. The number of barbiturate groups is 1. The van der Waals surface area contributed by atoms with Crippen LogP contribution < -0.4 is 15.4 Å². The van der Waals surface area contributed by atoms with E-state index in [0.29, 0.717) is 52.0 Å². The third-order valence-corrected chi connectivity index (χ3v) is 5.70. The Morgan fingerprint density at radius 1 is 1.03 bits per heavy atom. The number of benzene rings is 1. The zero-order valence-corrected chi connectivity index (χ0v) is 16.6. The van der Waals surface area contributed by atoms with Gasteiger partial charge in [0.1, 0.15) is 5.75 Å². The highest BCUT2D eigenvalue weighted by atomic mass is 16.5. The molecule has 2 saturated heterocycles. The highest BCUT2D eigenvalue weighted by Gasteiger charge is 2.54. The number of β-amino-alcohol motifs (C(OH)–C–C–N with tert-alkyl or cyclic N) is 1. The largest absolute Gasteiger partial charge is 0.497 e. The minimum atomic E-state index is -1.40. The third kappa shape index (κ3) is 4.58. The normalized spacial score (nSPS) is 20.3. The van der Waals surface area contributed by atoms with Gasteiger partial charge in [-0.1, -0.05) is 12.1 Å². The Morgan fingerprint density at radius 2 is 1.66 bits per heavy atom. The van der Waals surface area contributed by atoms with Crippen molar-refractivity contribution in [2.75, 3.05) is 46.4 Å². The predicted molar refractivity (Wildman–Crippen MR) is 105 cm³/mol. The zero-order valence-electron chi connectivity index (χ0n) is 16.6. The van der Waals surface area contributed by atoms with Crippen molar-refractivity contribution in [1.82, 2.24) is 20.4 Å². The Morgan fingerprint density at radius 3 is 2.21 bits per heavy atom. The molecule has 0 radical (unpaired) electrons. The number of amides is 4. The fourth-order valence-electron chi connectivity index (χ4n) is 4.05. The van der Waals surface area contributed by atoms with Crippen LogP contribution in [0, 0.1) is 0 Å². The van der Waals surface area contributed by atoms with E-state index in [1.54, 1.807) is 7.11 Å². The first-order valence-electron chi connectivity index (χ1n) is 9.87. The topological polar surface area (TPSA) is 111 Å². The quantitative estimate of drug-likeness (QED) is 0.512. The molecule has 1 aromatic carbocycles. The fraction of sp³-hybridized carbons (Fsp3) is 0.550. The number of hydrogen-bond donors (Lipinski definition) is 3. The molecule has 0 bridgehead atoms. The molecule has 0 atom stereocenters. The van der Waals surface area contributed by atoms with Crippen LogP contribution in [-0.2, 0) is 16.0 Å². The molecule has 0 saturated carbocycles. The summed E-state index contributed by atoms with van der Waals surface area (Å²) in [5.41, 5.74) is -0.312.